The third-order valence-electron chi connectivity index (χ3n) is 3.13. The van der Waals surface area contributed by atoms with Crippen LogP contribution in [0.1, 0.15) is 25.8 Å². The van der Waals surface area contributed by atoms with E-state index in [2.05, 4.69) is 36.1 Å². The summed E-state index contributed by atoms with van der Waals surface area (Å²) in [7, 11) is 0. The van der Waals surface area contributed by atoms with E-state index in [0.717, 1.165) is 32.5 Å². The summed E-state index contributed by atoms with van der Waals surface area (Å²) < 4.78 is 0. The first-order valence-corrected chi connectivity index (χ1v) is 7.00. The van der Waals surface area contributed by atoms with E-state index in [9.17, 15) is 10.1 Å². The van der Waals surface area contributed by atoms with Gasteiger partial charge in [0.05, 0.1) is 0 Å². The second-order valence-electron chi connectivity index (χ2n) is 5.16. The highest BCUT2D eigenvalue weighted by Gasteiger charge is 2.14. The highest BCUT2D eigenvalue weighted by Crippen LogP contribution is 2.05. The molecule has 1 rings (SSSR count). The Balaban J connectivity index is 2.41. The Bertz CT molecular complexity index is 368. The molecule has 0 saturated heterocycles. The van der Waals surface area contributed by atoms with Gasteiger partial charge in [-0.05, 0) is 24.9 Å². The number of nitro groups is 1. The number of hydrogen-bond donors (Lipinski definition) is 0. The molecule has 4 nitrogen and oxygen atoms in total. The van der Waals surface area contributed by atoms with Crippen molar-refractivity contribution in [3.8, 4) is 0 Å². The fourth-order valence-electron chi connectivity index (χ4n) is 2.30. The standard InChI is InChI=1S/C15H24N2O2/c1-3-10-16(12-14(2)13-17(18)19)11-9-15-7-5-4-6-8-15/h4-8,14H,3,9-13H2,1-2H3. The van der Waals surface area contributed by atoms with E-state index in [-0.39, 0.29) is 17.4 Å². The van der Waals surface area contributed by atoms with Crippen LogP contribution in [0.15, 0.2) is 30.3 Å². The molecule has 0 aliphatic carbocycles. The van der Waals surface area contributed by atoms with E-state index in [1.165, 1.54) is 5.56 Å². The van der Waals surface area contributed by atoms with Crippen LogP contribution < -0.4 is 0 Å². The van der Waals surface area contributed by atoms with E-state index in [1.54, 1.807) is 0 Å². The molecular formula is C15H24N2O2. The molecule has 0 saturated carbocycles. The lowest BCUT2D eigenvalue weighted by atomic mass is 10.1. The van der Waals surface area contributed by atoms with Crippen molar-refractivity contribution >= 4 is 0 Å². The van der Waals surface area contributed by atoms with Crippen LogP contribution in [0.4, 0.5) is 0 Å². The van der Waals surface area contributed by atoms with Gasteiger partial charge < -0.3 is 4.90 Å². The summed E-state index contributed by atoms with van der Waals surface area (Å²) >= 11 is 0. The molecule has 0 N–H and O–H groups in total. The quantitative estimate of drug-likeness (QED) is 0.509. The van der Waals surface area contributed by atoms with Gasteiger partial charge in [0.15, 0.2) is 0 Å². The normalized spacial score (nSPS) is 12.6. The fourth-order valence-corrected chi connectivity index (χ4v) is 2.30. The second-order valence-corrected chi connectivity index (χ2v) is 5.16. The van der Waals surface area contributed by atoms with Gasteiger partial charge >= 0.3 is 0 Å². The zero-order valence-electron chi connectivity index (χ0n) is 11.9. The van der Waals surface area contributed by atoms with Crippen molar-refractivity contribution in [2.45, 2.75) is 26.7 Å². The molecule has 0 fully saturated rings. The van der Waals surface area contributed by atoms with Crippen molar-refractivity contribution in [1.82, 2.24) is 4.90 Å². The largest absolute Gasteiger partial charge is 0.303 e. The van der Waals surface area contributed by atoms with Crippen molar-refractivity contribution in [2.24, 2.45) is 5.92 Å². The molecule has 0 bridgehead atoms. The van der Waals surface area contributed by atoms with Crippen molar-refractivity contribution < 1.29 is 4.92 Å². The molecule has 1 atom stereocenters. The molecule has 4 heteroatoms. The van der Waals surface area contributed by atoms with Gasteiger partial charge in [0.1, 0.15) is 0 Å². The molecule has 106 valence electrons. The van der Waals surface area contributed by atoms with Gasteiger partial charge in [-0.1, -0.05) is 44.2 Å². The molecule has 0 amide bonds. The van der Waals surface area contributed by atoms with Gasteiger partial charge in [-0.3, -0.25) is 10.1 Å². The Kier molecular flexibility index (Phi) is 7.11. The molecule has 0 aliphatic rings. The maximum absolute atomic E-state index is 10.5. The number of benzene rings is 1. The first kappa shape index (κ1) is 15.6. The predicted molar refractivity (Wildman–Crippen MR) is 77.9 cm³/mol. The summed E-state index contributed by atoms with van der Waals surface area (Å²) in [4.78, 5) is 12.6. The minimum absolute atomic E-state index is 0.0611. The van der Waals surface area contributed by atoms with Crippen LogP contribution >= 0.6 is 0 Å². The van der Waals surface area contributed by atoms with E-state index >= 15 is 0 Å². The van der Waals surface area contributed by atoms with Gasteiger partial charge in [0.2, 0.25) is 6.54 Å². The van der Waals surface area contributed by atoms with E-state index in [4.69, 9.17) is 0 Å². The van der Waals surface area contributed by atoms with Crippen molar-refractivity contribution in [2.75, 3.05) is 26.2 Å². The zero-order chi connectivity index (χ0) is 14.1. The summed E-state index contributed by atoms with van der Waals surface area (Å²) in [5.41, 5.74) is 1.32. The molecule has 0 aromatic heterocycles. The smallest absolute Gasteiger partial charge is 0.207 e. The Hall–Kier alpha value is -1.42. The van der Waals surface area contributed by atoms with Gasteiger partial charge in [0, 0.05) is 23.9 Å². The average Bonchev–Trinajstić information content (AvgIpc) is 2.36. The van der Waals surface area contributed by atoms with Crippen molar-refractivity contribution in [3.05, 3.63) is 46.0 Å². The molecule has 0 aliphatic heterocycles. The van der Waals surface area contributed by atoms with E-state index < -0.39 is 0 Å². The third kappa shape index (κ3) is 6.91. The highest BCUT2D eigenvalue weighted by atomic mass is 16.6. The molecule has 1 aromatic carbocycles. The molecule has 0 heterocycles. The molecule has 19 heavy (non-hydrogen) atoms. The number of rotatable bonds is 9. The minimum Gasteiger partial charge on any atom is -0.303 e. The molecule has 1 aromatic rings. The highest BCUT2D eigenvalue weighted by molar-refractivity contribution is 5.14. The first-order valence-electron chi connectivity index (χ1n) is 7.00. The maximum Gasteiger partial charge on any atom is 0.207 e. The Morgan fingerprint density at radius 1 is 1.26 bits per heavy atom. The van der Waals surface area contributed by atoms with E-state index in [0.29, 0.717) is 0 Å². The topological polar surface area (TPSA) is 46.4 Å². The summed E-state index contributed by atoms with van der Waals surface area (Å²) in [5.74, 6) is 0.109. The van der Waals surface area contributed by atoms with Gasteiger partial charge in [-0.15, -0.1) is 0 Å². The molecular weight excluding hydrogens is 240 g/mol. The first-order chi connectivity index (χ1) is 9.11. The summed E-state index contributed by atoms with van der Waals surface area (Å²) in [6.45, 7) is 6.95. The third-order valence-corrected chi connectivity index (χ3v) is 3.13. The summed E-state index contributed by atoms with van der Waals surface area (Å²) in [5, 5.41) is 10.5. The number of hydrogen-bond acceptors (Lipinski definition) is 3. The average molecular weight is 264 g/mol. The molecule has 0 radical (unpaired) electrons. The fraction of sp³-hybridized carbons (Fsp3) is 0.600. The van der Waals surface area contributed by atoms with Crippen LogP contribution in [-0.4, -0.2) is 36.0 Å². The van der Waals surface area contributed by atoms with Crippen LogP contribution in [0.2, 0.25) is 0 Å². The Morgan fingerprint density at radius 2 is 1.95 bits per heavy atom. The summed E-state index contributed by atoms with van der Waals surface area (Å²) in [6, 6.07) is 10.4. The minimum atomic E-state index is -0.216. The van der Waals surface area contributed by atoms with Gasteiger partial charge in [-0.2, -0.15) is 0 Å². The lowest BCUT2D eigenvalue weighted by Crippen LogP contribution is -2.33. The van der Waals surface area contributed by atoms with Crippen LogP contribution in [0.25, 0.3) is 0 Å². The van der Waals surface area contributed by atoms with Crippen LogP contribution in [0.3, 0.4) is 0 Å². The zero-order valence-corrected chi connectivity index (χ0v) is 11.9. The Morgan fingerprint density at radius 3 is 2.53 bits per heavy atom. The van der Waals surface area contributed by atoms with Gasteiger partial charge in [0.25, 0.3) is 0 Å². The van der Waals surface area contributed by atoms with Crippen LogP contribution in [0.5, 0.6) is 0 Å². The van der Waals surface area contributed by atoms with Crippen molar-refractivity contribution in [1.29, 1.82) is 0 Å². The van der Waals surface area contributed by atoms with Crippen LogP contribution in [0, 0.1) is 16.0 Å². The maximum atomic E-state index is 10.5. The molecule has 0 spiro atoms. The van der Waals surface area contributed by atoms with Gasteiger partial charge in [-0.25, -0.2) is 0 Å². The van der Waals surface area contributed by atoms with Crippen molar-refractivity contribution in [3.63, 3.8) is 0 Å². The number of nitrogens with zero attached hydrogens (tertiary/aromatic N) is 2. The summed E-state index contributed by atoms with van der Waals surface area (Å²) in [6.07, 6.45) is 2.09. The Labute approximate surface area is 115 Å². The van der Waals surface area contributed by atoms with E-state index in [1.807, 2.05) is 13.0 Å². The SMILES string of the molecule is CCCN(CCc1ccccc1)CC(C)C[N+](=O)[O-]. The lowest BCUT2D eigenvalue weighted by molar-refractivity contribution is -0.487. The predicted octanol–water partition coefficient (Wildman–Crippen LogP) is 2.85. The monoisotopic (exact) mass is 264 g/mol. The van der Waals surface area contributed by atoms with Crippen LogP contribution in [-0.2, 0) is 6.42 Å². The second kappa shape index (κ2) is 8.64. The molecule has 1 unspecified atom stereocenters. The lowest BCUT2D eigenvalue weighted by Gasteiger charge is -2.23.